The van der Waals surface area contributed by atoms with Crippen molar-refractivity contribution in [2.75, 3.05) is 33.4 Å². The highest BCUT2D eigenvalue weighted by molar-refractivity contribution is 7.80. The molecule has 0 heterocycles. The molecule has 1 atom stereocenters. The topological polar surface area (TPSA) is 67.6 Å². The van der Waals surface area contributed by atoms with E-state index in [-0.39, 0.29) is 11.9 Å². The number of hydrogen-bond donors (Lipinski definition) is 2. The van der Waals surface area contributed by atoms with Crippen LogP contribution >= 0.6 is 12.2 Å². The minimum Gasteiger partial charge on any atom is -0.392 e. The molecule has 0 bridgehead atoms. The van der Waals surface area contributed by atoms with Gasteiger partial charge in [-0.25, -0.2) is 0 Å². The highest BCUT2D eigenvalue weighted by atomic mass is 32.1. The van der Waals surface area contributed by atoms with Crippen LogP contribution in [0.1, 0.15) is 20.3 Å². The molecule has 6 heteroatoms. The fraction of sp³-hybridized carbons (Fsp3) is 0.818. The first-order valence-corrected chi connectivity index (χ1v) is 6.19. The van der Waals surface area contributed by atoms with Crippen LogP contribution in [0.15, 0.2) is 0 Å². The molecule has 100 valence electrons. The van der Waals surface area contributed by atoms with Crippen molar-refractivity contribution in [1.29, 1.82) is 0 Å². The number of hydrogen-bond acceptors (Lipinski definition) is 4. The van der Waals surface area contributed by atoms with E-state index in [0.29, 0.717) is 24.7 Å². The van der Waals surface area contributed by atoms with Crippen LogP contribution in [0, 0.1) is 0 Å². The first-order valence-electron chi connectivity index (χ1n) is 5.78. The number of carbonyl (C=O) groups excluding carboxylic acids is 1. The Morgan fingerprint density at radius 3 is 2.65 bits per heavy atom. The fourth-order valence-corrected chi connectivity index (χ4v) is 1.75. The predicted octanol–water partition coefficient (Wildman–Crippen LogP) is 0.136. The molecule has 1 unspecified atom stereocenters. The van der Waals surface area contributed by atoms with E-state index in [1.165, 1.54) is 0 Å². The number of rotatable bonds is 9. The Morgan fingerprint density at radius 2 is 2.18 bits per heavy atom. The van der Waals surface area contributed by atoms with Gasteiger partial charge < -0.3 is 15.8 Å². The van der Waals surface area contributed by atoms with Crippen LogP contribution in [0.3, 0.4) is 0 Å². The van der Waals surface area contributed by atoms with Gasteiger partial charge in [0.05, 0.1) is 18.1 Å². The van der Waals surface area contributed by atoms with E-state index in [1.807, 2.05) is 11.8 Å². The maximum absolute atomic E-state index is 11.7. The fourth-order valence-electron chi connectivity index (χ4n) is 1.57. The van der Waals surface area contributed by atoms with Gasteiger partial charge in [0.25, 0.3) is 0 Å². The Bertz CT molecular complexity index is 249. The van der Waals surface area contributed by atoms with Crippen LogP contribution in [-0.2, 0) is 9.53 Å². The monoisotopic (exact) mass is 261 g/mol. The van der Waals surface area contributed by atoms with E-state index < -0.39 is 0 Å². The van der Waals surface area contributed by atoms with Crippen molar-refractivity contribution in [3.8, 4) is 0 Å². The summed E-state index contributed by atoms with van der Waals surface area (Å²) in [6, 6.07) is 0.0146. The van der Waals surface area contributed by atoms with Gasteiger partial charge in [0.15, 0.2) is 0 Å². The summed E-state index contributed by atoms with van der Waals surface area (Å²) in [5.41, 5.74) is 5.49. The Kier molecular flexibility index (Phi) is 8.93. The van der Waals surface area contributed by atoms with Gasteiger partial charge in [0, 0.05) is 19.7 Å². The number of carbonyl (C=O) groups is 1. The highest BCUT2D eigenvalue weighted by Gasteiger charge is 2.12. The number of ether oxygens (including phenoxy) is 1. The number of nitrogens with zero attached hydrogens (tertiary/aromatic N) is 1. The van der Waals surface area contributed by atoms with Crippen LogP contribution in [-0.4, -0.2) is 55.2 Å². The Hall–Kier alpha value is -0.720. The van der Waals surface area contributed by atoms with Crippen molar-refractivity contribution in [1.82, 2.24) is 10.2 Å². The van der Waals surface area contributed by atoms with Crippen LogP contribution in [0.2, 0.25) is 0 Å². The average Bonchev–Trinajstić information content (AvgIpc) is 2.16. The molecule has 0 aromatic heterocycles. The molecule has 0 aliphatic heterocycles. The van der Waals surface area contributed by atoms with Crippen molar-refractivity contribution >= 4 is 23.1 Å². The molecule has 0 aliphatic carbocycles. The zero-order chi connectivity index (χ0) is 13.3. The summed E-state index contributed by atoms with van der Waals surface area (Å²) in [6.07, 6.45) is 0.962. The molecule has 0 aliphatic rings. The van der Waals surface area contributed by atoms with Crippen LogP contribution < -0.4 is 11.1 Å². The second-order valence-electron chi connectivity index (χ2n) is 4.10. The van der Waals surface area contributed by atoms with Gasteiger partial charge in [-0.2, -0.15) is 0 Å². The number of nitrogens with one attached hydrogen (secondary N) is 1. The molecule has 3 N–H and O–H groups in total. The summed E-state index contributed by atoms with van der Waals surface area (Å²) in [6.45, 7) is 6.07. The molecule has 0 fully saturated rings. The lowest BCUT2D eigenvalue weighted by Gasteiger charge is -2.21. The van der Waals surface area contributed by atoms with Gasteiger partial charge in [0.1, 0.15) is 0 Å². The van der Waals surface area contributed by atoms with Gasteiger partial charge in [0.2, 0.25) is 5.91 Å². The van der Waals surface area contributed by atoms with Crippen molar-refractivity contribution in [2.45, 2.75) is 26.3 Å². The molecule has 0 aromatic rings. The second-order valence-corrected chi connectivity index (χ2v) is 4.63. The van der Waals surface area contributed by atoms with Crippen molar-refractivity contribution < 1.29 is 9.53 Å². The van der Waals surface area contributed by atoms with Crippen LogP contribution in [0.4, 0.5) is 0 Å². The van der Waals surface area contributed by atoms with Gasteiger partial charge in [-0.15, -0.1) is 0 Å². The van der Waals surface area contributed by atoms with Crippen molar-refractivity contribution in [3.05, 3.63) is 0 Å². The zero-order valence-electron chi connectivity index (χ0n) is 10.9. The summed E-state index contributed by atoms with van der Waals surface area (Å²) in [5.74, 6) is -0.0285. The number of amides is 1. The molecule has 0 saturated carbocycles. The summed E-state index contributed by atoms with van der Waals surface area (Å²) in [7, 11) is 1.61. The minimum absolute atomic E-state index is 0.0146. The van der Waals surface area contributed by atoms with E-state index >= 15 is 0 Å². The van der Waals surface area contributed by atoms with Crippen LogP contribution in [0.5, 0.6) is 0 Å². The molecular weight excluding hydrogens is 238 g/mol. The summed E-state index contributed by atoms with van der Waals surface area (Å²) >= 11 is 4.85. The lowest BCUT2D eigenvalue weighted by Crippen LogP contribution is -2.44. The van der Waals surface area contributed by atoms with Gasteiger partial charge >= 0.3 is 0 Å². The quantitative estimate of drug-likeness (QED) is 0.578. The molecular formula is C11H23N3O2S. The highest BCUT2D eigenvalue weighted by Crippen LogP contribution is 1.92. The lowest BCUT2D eigenvalue weighted by molar-refractivity contribution is -0.123. The molecule has 0 radical (unpaired) electrons. The molecule has 1 amide bonds. The van der Waals surface area contributed by atoms with Crippen molar-refractivity contribution in [3.63, 3.8) is 0 Å². The molecule has 0 rings (SSSR count). The lowest BCUT2D eigenvalue weighted by atomic mass is 10.3. The number of thiocarbonyl (C=S) groups is 1. The van der Waals surface area contributed by atoms with E-state index in [4.69, 9.17) is 22.7 Å². The van der Waals surface area contributed by atoms with E-state index in [2.05, 4.69) is 12.2 Å². The first-order chi connectivity index (χ1) is 7.99. The van der Waals surface area contributed by atoms with Crippen LogP contribution in [0.25, 0.3) is 0 Å². The standard InChI is InChI=1S/C11H23N3O2S/c1-4-5-14(6-10(12)17)7-11(15)13-9(2)8-16-3/h9H,4-8H2,1-3H3,(H2,12,17)(H,13,15). The molecule has 0 spiro atoms. The Labute approximate surface area is 109 Å². The maximum Gasteiger partial charge on any atom is 0.234 e. The summed E-state index contributed by atoms with van der Waals surface area (Å²) in [5, 5.41) is 2.85. The molecule has 17 heavy (non-hydrogen) atoms. The number of methoxy groups -OCH3 is 1. The zero-order valence-corrected chi connectivity index (χ0v) is 11.7. The SMILES string of the molecule is CCCN(CC(=O)NC(C)COC)CC(N)=S. The second kappa shape index (κ2) is 9.32. The summed E-state index contributed by atoms with van der Waals surface area (Å²) in [4.78, 5) is 14.1. The third-order valence-corrected chi connectivity index (χ3v) is 2.24. The van der Waals surface area contributed by atoms with E-state index in [1.54, 1.807) is 7.11 Å². The first kappa shape index (κ1) is 16.3. The predicted molar refractivity (Wildman–Crippen MR) is 73.0 cm³/mol. The van der Waals surface area contributed by atoms with Crippen molar-refractivity contribution in [2.24, 2.45) is 5.73 Å². The van der Waals surface area contributed by atoms with Gasteiger partial charge in [-0.1, -0.05) is 19.1 Å². The summed E-state index contributed by atoms with van der Waals surface area (Å²) < 4.78 is 4.95. The third kappa shape index (κ3) is 9.02. The molecule has 0 aromatic carbocycles. The third-order valence-electron chi connectivity index (χ3n) is 2.11. The largest absolute Gasteiger partial charge is 0.392 e. The van der Waals surface area contributed by atoms with Gasteiger partial charge in [-0.05, 0) is 19.9 Å². The minimum atomic E-state index is -0.0285. The normalized spacial score (nSPS) is 12.5. The molecule has 0 saturated heterocycles. The van der Waals surface area contributed by atoms with Gasteiger partial charge in [-0.3, -0.25) is 9.69 Å². The molecule has 5 nitrogen and oxygen atoms in total. The maximum atomic E-state index is 11.7. The number of nitrogens with two attached hydrogens (primary N) is 1. The Morgan fingerprint density at radius 1 is 1.53 bits per heavy atom. The Balaban J connectivity index is 4.06. The smallest absolute Gasteiger partial charge is 0.234 e. The van der Waals surface area contributed by atoms with E-state index in [9.17, 15) is 4.79 Å². The van der Waals surface area contributed by atoms with E-state index in [0.717, 1.165) is 13.0 Å². The average molecular weight is 261 g/mol.